The number of carbonyl (C=O) groups excluding carboxylic acids is 1. The molecule has 1 aliphatic rings. The molecule has 0 unspecified atom stereocenters. The third kappa shape index (κ3) is 3.39. The third-order valence-corrected chi connectivity index (χ3v) is 6.99. The van der Waals surface area contributed by atoms with Crippen LogP contribution in [-0.2, 0) is 14.8 Å². The molecule has 0 radical (unpaired) electrons. The summed E-state index contributed by atoms with van der Waals surface area (Å²) in [6.07, 6.45) is 0. The molecule has 2 aromatic carbocycles. The van der Waals surface area contributed by atoms with E-state index in [-0.39, 0.29) is 16.1 Å². The number of hydrogen-bond donors (Lipinski definition) is 1. The molecule has 0 spiro atoms. The van der Waals surface area contributed by atoms with E-state index in [0.29, 0.717) is 23.7 Å². The van der Waals surface area contributed by atoms with Crippen LogP contribution in [0.25, 0.3) is 0 Å². The van der Waals surface area contributed by atoms with E-state index in [2.05, 4.69) is 5.32 Å². The minimum atomic E-state index is -3.80. The number of benzene rings is 2. The lowest BCUT2D eigenvalue weighted by Gasteiger charge is -2.24. The van der Waals surface area contributed by atoms with Gasteiger partial charge < -0.3 is 10.1 Å². The van der Waals surface area contributed by atoms with Gasteiger partial charge in [0.15, 0.2) is 0 Å². The SMILES string of the molecule is CCOc1ccccc1N(C)S(=O)(=O)c1ccc2c(c1)NC(=O)[C@H](C)S2. The number of sulfonamides is 1. The van der Waals surface area contributed by atoms with Gasteiger partial charge in [0.1, 0.15) is 5.75 Å². The van der Waals surface area contributed by atoms with Gasteiger partial charge in [-0.2, -0.15) is 0 Å². The van der Waals surface area contributed by atoms with E-state index in [1.807, 2.05) is 13.8 Å². The number of nitrogens with zero attached hydrogens (tertiary/aromatic N) is 1. The van der Waals surface area contributed by atoms with E-state index in [0.717, 1.165) is 4.90 Å². The molecule has 0 bridgehead atoms. The van der Waals surface area contributed by atoms with Crippen LogP contribution in [0, 0.1) is 0 Å². The van der Waals surface area contributed by atoms with Crippen molar-refractivity contribution in [2.24, 2.45) is 0 Å². The first-order chi connectivity index (χ1) is 12.3. The highest BCUT2D eigenvalue weighted by atomic mass is 32.2. The van der Waals surface area contributed by atoms with Gasteiger partial charge in [-0.05, 0) is 44.2 Å². The van der Waals surface area contributed by atoms with Crippen LogP contribution in [0.15, 0.2) is 52.3 Å². The molecule has 1 amide bonds. The standard InChI is InChI=1S/C18H20N2O4S2/c1-4-24-16-8-6-5-7-15(16)20(3)26(22,23)13-9-10-17-14(11-13)19-18(21)12(2)25-17/h5-12H,4H2,1-3H3,(H,19,21)/t12-/m0/s1. The largest absolute Gasteiger partial charge is 0.492 e. The zero-order valence-corrected chi connectivity index (χ0v) is 16.4. The summed E-state index contributed by atoms with van der Waals surface area (Å²) in [5.41, 5.74) is 0.977. The Morgan fingerprint density at radius 2 is 1.96 bits per heavy atom. The van der Waals surface area contributed by atoms with E-state index in [1.54, 1.807) is 36.4 Å². The van der Waals surface area contributed by atoms with Gasteiger partial charge in [0, 0.05) is 11.9 Å². The van der Waals surface area contributed by atoms with E-state index in [1.165, 1.54) is 29.2 Å². The fourth-order valence-electron chi connectivity index (χ4n) is 2.63. The Balaban J connectivity index is 1.99. The number of para-hydroxylation sites is 2. The molecule has 3 rings (SSSR count). The summed E-state index contributed by atoms with van der Waals surface area (Å²) in [4.78, 5) is 12.8. The van der Waals surface area contributed by atoms with Gasteiger partial charge in [-0.25, -0.2) is 8.42 Å². The molecular formula is C18H20N2O4S2. The van der Waals surface area contributed by atoms with Gasteiger partial charge in [0.05, 0.1) is 28.1 Å². The number of amides is 1. The summed E-state index contributed by atoms with van der Waals surface area (Å²) in [5.74, 6) is 0.365. The van der Waals surface area contributed by atoms with E-state index in [9.17, 15) is 13.2 Å². The number of thioether (sulfide) groups is 1. The number of hydrogen-bond acceptors (Lipinski definition) is 5. The predicted octanol–water partition coefficient (Wildman–Crippen LogP) is 3.34. The van der Waals surface area contributed by atoms with E-state index >= 15 is 0 Å². The number of ether oxygens (including phenoxy) is 1. The summed E-state index contributed by atoms with van der Waals surface area (Å²) in [6.45, 7) is 4.09. The van der Waals surface area contributed by atoms with Crippen LogP contribution in [0.1, 0.15) is 13.8 Å². The molecule has 8 heteroatoms. The van der Waals surface area contributed by atoms with Gasteiger partial charge in [0.2, 0.25) is 5.91 Å². The Bertz CT molecular complexity index is 944. The van der Waals surface area contributed by atoms with Crippen molar-refractivity contribution in [3.63, 3.8) is 0 Å². The second-order valence-electron chi connectivity index (χ2n) is 5.78. The summed E-state index contributed by atoms with van der Waals surface area (Å²) in [7, 11) is -2.32. The first-order valence-corrected chi connectivity index (χ1v) is 10.5. The van der Waals surface area contributed by atoms with Crippen molar-refractivity contribution in [1.29, 1.82) is 0 Å². The Hall–Kier alpha value is -2.19. The molecule has 138 valence electrons. The molecule has 1 aliphatic heterocycles. The Labute approximate surface area is 157 Å². The molecule has 0 aliphatic carbocycles. The molecule has 6 nitrogen and oxygen atoms in total. The normalized spacial score (nSPS) is 16.6. The topological polar surface area (TPSA) is 75.7 Å². The Kier molecular flexibility index (Phi) is 5.15. The molecule has 2 aromatic rings. The maximum absolute atomic E-state index is 13.1. The molecule has 0 fully saturated rings. The highest BCUT2D eigenvalue weighted by molar-refractivity contribution is 8.01. The van der Waals surface area contributed by atoms with Crippen LogP contribution < -0.4 is 14.4 Å². The van der Waals surface area contributed by atoms with Crippen molar-refractivity contribution >= 4 is 39.1 Å². The second kappa shape index (κ2) is 7.20. The predicted molar refractivity (Wildman–Crippen MR) is 104 cm³/mol. The van der Waals surface area contributed by atoms with Crippen LogP contribution in [0.3, 0.4) is 0 Å². The van der Waals surface area contributed by atoms with Crippen molar-refractivity contribution in [3.8, 4) is 5.75 Å². The highest BCUT2D eigenvalue weighted by Gasteiger charge is 2.28. The molecule has 0 aromatic heterocycles. The first-order valence-electron chi connectivity index (χ1n) is 8.17. The Morgan fingerprint density at radius 1 is 1.23 bits per heavy atom. The number of anilines is 2. The second-order valence-corrected chi connectivity index (χ2v) is 9.13. The van der Waals surface area contributed by atoms with Gasteiger partial charge in [-0.1, -0.05) is 12.1 Å². The lowest BCUT2D eigenvalue weighted by molar-refractivity contribution is -0.115. The van der Waals surface area contributed by atoms with Gasteiger partial charge in [-0.15, -0.1) is 11.8 Å². The number of nitrogens with one attached hydrogen (secondary N) is 1. The number of carbonyl (C=O) groups is 1. The van der Waals surface area contributed by atoms with Crippen LogP contribution in [0.2, 0.25) is 0 Å². The van der Waals surface area contributed by atoms with E-state index < -0.39 is 10.0 Å². The van der Waals surface area contributed by atoms with Crippen LogP contribution in [0.4, 0.5) is 11.4 Å². The van der Waals surface area contributed by atoms with Crippen molar-refractivity contribution in [1.82, 2.24) is 0 Å². The minimum absolute atomic E-state index is 0.112. The molecule has 0 saturated heterocycles. The van der Waals surface area contributed by atoms with Crippen LogP contribution in [-0.4, -0.2) is 33.2 Å². The minimum Gasteiger partial charge on any atom is -0.492 e. The van der Waals surface area contributed by atoms with Gasteiger partial charge in [-0.3, -0.25) is 9.10 Å². The third-order valence-electron chi connectivity index (χ3n) is 4.04. The van der Waals surface area contributed by atoms with Crippen LogP contribution >= 0.6 is 11.8 Å². The summed E-state index contributed by atoms with van der Waals surface area (Å²) in [6, 6.07) is 11.8. The molecular weight excluding hydrogens is 372 g/mol. The average Bonchev–Trinajstić information content (AvgIpc) is 2.62. The zero-order valence-electron chi connectivity index (χ0n) is 14.7. The zero-order chi connectivity index (χ0) is 18.9. The van der Waals surface area contributed by atoms with E-state index in [4.69, 9.17) is 4.74 Å². The highest BCUT2D eigenvalue weighted by Crippen LogP contribution is 2.38. The quantitative estimate of drug-likeness (QED) is 0.845. The first kappa shape index (κ1) is 18.6. The number of rotatable bonds is 5. The summed E-state index contributed by atoms with van der Waals surface area (Å²) in [5, 5.41) is 2.56. The summed E-state index contributed by atoms with van der Waals surface area (Å²) >= 11 is 1.41. The van der Waals surface area contributed by atoms with Crippen molar-refractivity contribution in [2.75, 3.05) is 23.3 Å². The monoisotopic (exact) mass is 392 g/mol. The van der Waals surface area contributed by atoms with Crippen LogP contribution in [0.5, 0.6) is 5.75 Å². The molecule has 0 saturated carbocycles. The van der Waals surface area contributed by atoms with Crippen molar-refractivity contribution in [3.05, 3.63) is 42.5 Å². The maximum atomic E-state index is 13.1. The lowest BCUT2D eigenvalue weighted by Crippen LogP contribution is -2.29. The van der Waals surface area contributed by atoms with Gasteiger partial charge in [0.25, 0.3) is 10.0 Å². The fourth-order valence-corrected chi connectivity index (χ4v) is 4.79. The average molecular weight is 393 g/mol. The maximum Gasteiger partial charge on any atom is 0.264 e. The summed E-state index contributed by atoms with van der Waals surface area (Å²) < 4.78 is 32.9. The Morgan fingerprint density at radius 3 is 2.69 bits per heavy atom. The number of fused-ring (bicyclic) bond motifs is 1. The molecule has 1 N–H and O–H groups in total. The fraction of sp³-hybridized carbons (Fsp3) is 0.278. The smallest absolute Gasteiger partial charge is 0.264 e. The lowest BCUT2D eigenvalue weighted by atomic mass is 10.3. The molecule has 26 heavy (non-hydrogen) atoms. The molecule has 1 heterocycles. The molecule has 1 atom stereocenters. The van der Waals surface area contributed by atoms with Crippen molar-refractivity contribution < 1.29 is 17.9 Å². The van der Waals surface area contributed by atoms with Gasteiger partial charge >= 0.3 is 0 Å². The van der Waals surface area contributed by atoms with Crippen molar-refractivity contribution in [2.45, 2.75) is 28.9 Å².